The van der Waals surface area contributed by atoms with Crippen molar-refractivity contribution >= 4 is 11.9 Å². The molecule has 1 aromatic rings. The molecule has 6 nitrogen and oxygen atoms in total. The van der Waals surface area contributed by atoms with E-state index in [1.54, 1.807) is 13.2 Å². The Labute approximate surface area is 98.6 Å². The molecule has 0 aliphatic heterocycles. The first-order valence-corrected chi connectivity index (χ1v) is 5.57. The summed E-state index contributed by atoms with van der Waals surface area (Å²) in [6, 6.07) is -1.00. The van der Waals surface area contributed by atoms with E-state index >= 15 is 0 Å². The first-order valence-electron chi connectivity index (χ1n) is 5.57. The van der Waals surface area contributed by atoms with E-state index in [0.29, 0.717) is 17.9 Å². The van der Waals surface area contributed by atoms with Gasteiger partial charge < -0.3 is 10.4 Å². The largest absolute Gasteiger partial charge is 0.479 e. The highest BCUT2D eigenvalue weighted by atomic mass is 16.4. The van der Waals surface area contributed by atoms with E-state index in [0.717, 1.165) is 12.8 Å². The Balaban J connectivity index is 2.01. The lowest BCUT2D eigenvalue weighted by Gasteiger charge is -2.12. The molecule has 0 aromatic carbocycles. The van der Waals surface area contributed by atoms with Gasteiger partial charge in [0.25, 0.3) is 0 Å². The quantitative estimate of drug-likeness (QED) is 0.779. The van der Waals surface area contributed by atoms with Crippen LogP contribution >= 0.6 is 0 Å². The molecule has 1 aliphatic rings. The second-order valence-electron chi connectivity index (χ2n) is 4.43. The number of aliphatic carboxylic acids is 1. The Hall–Kier alpha value is -1.85. The van der Waals surface area contributed by atoms with Crippen molar-refractivity contribution in [1.82, 2.24) is 15.1 Å². The van der Waals surface area contributed by atoms with Crippen molar-refractivity contribution in [2.24, 2.45) is 13.0 Å². The number of nitrogens with zero attached hydrogens (tertiary/aromatic N) is 2. The van der Waals surface area contributed by atoms with E-state index < -0.39 is 12.0 Å². The van der Waals surface area contributed by atoms with Gasteiger partial charge in [0.05, 0.1) is 6.20 Å². The van der Waals surface area contributed by atoms with Gasteiger partial charge >= 0.3 is 5.97 Å². The number of nitrogens with one attached hydrogen (secondary N) is 1. The lowest BCUT2D eigenvalue weighted by molar-refractivity contribution is -0.142. The predicted octanol–water partition coefficient (Wildman–Crippen LogP) is 0.462. The standard InChI is InChI=1S/C11H15N3O3/c1-14-6-8(5-12-14)10(11(16)17)13-9(15)4-7-2-3-7/h5-7,10H,2-4H2,1H3,(H,13,15)(H,16,17). The number of amides is 1. The number of carbonyl (C=O) groups is 2. The summed E-state index contributed by atoms with van der Waals surface area (Å²) in [5, 5.41) is 15.5. The van der Waals surface area contributed by atoms with Gasteiger partial charge in [-0.05, 0) is 18.8 Å². The third-order valence-corrected chi connectivity index (χ3v) is 2.78. The number of hydrogen-bond donors (Lipinski definition) is 2. The maximum Gasteiger partial charge on any atom is 0.331 e. The summed E-state index contributed by atoms with van der Waals surface area (Å²) in [5.74, 6) is -0.829. The van der Waals surface area contributed by atoms with Crippen LogP contribution in [0, 0.1) is 5.92 Å². The third kappa shape index (κ3) is 3.05. The molecule has 1 saturated carbocycles. The molecule has 1 aromatic heterocycles. The fraction of sp³-hybridized carbons (Fsp3) is 0.545. The van der Waals surface area contributed by atoms with Gasteiger partial charge in [0.15, 0.2) is 6.04 Å². The van der Waals surface area contributed by atoms with E-state index in [-0.39, 0.29) is 5.91 Å². The average molecular weight is 237 g/mol. The van der Waals surface area contributed by atoms with Gasteiger partial charge in [-0.1, -0.05) is 0 Å². The van der Waals surface area contributed by atoms with E-state index in [2.05, 4.69) is 10.4 Å². The number of rotatable bonds is 5. The highest BCUT2D eigenvalue weighted by Gasteiger charge is 2.28. The topological polar surface area (TPSA) is 84.2 Å². The number of aryl methyl sites for hydroxylation is 1. The van der Waals surface area contributed by atoms with E-state index in [1.807, 2.05) is 0 Å². The van der Waals surface area contributed by atoms with Gasteiger partial charge in [0, 0.05) is 25.2 Å². The van der Waals surface area contributed by atoms with E-state index in [1.165, 1.54) is 10.9 Å². The van der Waals surface area contributed by atoms with Crippen LogP contribution in [0.2, 0.25) is 0 Å². The summed E-state index contributed by atoms with van der Waals surface area (Å²) in [4.78, 5) is 22.7. The second-order valence-corrected chi connectivity index (χ2v) is 4.43. The Morgan fingerprint density at radius 3 is 2.82 bits per heavy atom. The molecule has 1 atom stereocenters. The Morgan fingerprint density at radius 1 is 1.65 bits per heavy atom. The SMILES string of the molecule is Cn1cc(C(NC(=O)CC2CC2)C(=O)O)cn1. The highest BCUT2D eigenvalue weighted by Crippen LogP contribution is 2.32. The maximum absolute atomic E-state index is 11.6. The van der Waals surface area contributed by atoms with Crippen LogP contribution in [-0.4, -0.2) is 26.8 Å². The number of carbonyl (C=O) groups excluding carboxylic acids is 1. The Morgan fingerprint density at radius 2 is 2.35 bits per heavy atom. The fourth-order valence-electron chi connectivity index (χ4n) is 1.68. The zero-order valence-electron chi connectivity index (χ0n) is 9.59. The number of carboxylic acid groups (broad SMARTS) is 1. The van der Waals surface area contributed by atoms with Gasteiger partial charge in [-0.25, -0.2) is 4.79 Å². The van der Waals surface area contributed by atoms with Gasteiger partial charge in [0.2, 0.25) is 5.91 Å². The zero-order chi connectivity index (χ0) is 12.4. The zero-order valence-corrected chi connectivity index (χ0v) is 9.59. The number of aromatic nitrogens is 2. The van der Waals surface area contributed by atoms with Gasteiger partial charge in [-0.2, -0.15) is 5.10 Å². The minimum absolute atomic E-state index is 0.205. The molecule has 0 bridgehead atoms. The summed E-state index contributed by atoms with van der Waals surface area (Å²) < 4.78 is 1.51. The minimum Gasteiger partial charge on any atom is -0.479 e. The molecular weight excluding hydrogens is 222 g/mol. The predicted molar refractivity (Wildman–Crippen MR) is 59.1 cm³/mol. The normalized spacial score (nSPS) is 16.5. The van der Waals surface area contributed by atoms with Crippen LogP contribution in [0.25, 0.3) is 0 Å². The van der Waals surface area contributed by atoms with Crippen LogP contribution in [0.4, 0.5) is 0 Å². The monoisotopic (exact) mass is 237 g/mol. The van der Waals surface area contributed by atoms with Crippen LogP contribution in [0.5, 0.6) is 0 Å². The first-order chi connectivity index (χ1) is 8.06. The third-order valence-electron chi connectivity index (χ3n) is 2.78. The lowest BCUT2D eigenvalue weighted by Crippen LogP contribution is -2.33. The van der Waals surface area contributed by atoms with Gasteiger partial charge in [-0.15, -0.1) is 0 Å². The van der Waals surface area contributed by atoms with Crippen LogP contribution in [-0.2, 0) is 16.6 Å². The second kappa shape index (κ2) is 4.57. The molecule has 17 heavy (non-hydrogen) atoms. The van der Waals surface area contributed by atoms with Crippen molar-refractivity contribution in [2.75, 3.05) is 0 Å². The van der Waals surface area contributed by atoms with Crippen LogP contribution in [0.15, 0.2) is 12.4 Å². The molecule has 2 N–H and O–H groups in total. The summed E-state index contributed by atoms with van der Waals surface area (Å²) in [6.45, 7) is 0. The molecule has 1 unspecified atom stereocenters. The summed E-state index contributed by atoms with van der Waals surface area (Å²) in [5.41, 5.74) is 0.490. The molecule has 0 saturated heterocycles. The smallest absolute Gasteiger partial charge is 0.331 e. The van der Waals surface area contributed by atoms with Crippen molar-refractivity contribution in [3.63, 3.8) is 0 Å². The molecule has 1 fully saturated rings. The van der Waals surface area contributed by atoms with Crippen molar-refractivity contribution < 1.29 is 14.7 Å². The molecule has 0 radical (unpaired) electrons. The van der Waals surface area contributed by atoms with Crippen molar-refractivity contribution in [3.05, 3.63) is 18.0 Å². The molecule has 6 heteroatoms. The lowest BCUT2D eigenvalue weighted by atomic mass is 10.1. The van der Waals surface area contributed by atoms with Crippen LogP contribution < -0.4 is 5.32 Å². The number of carboxylic acids is 1. The van der Waals surface area contributed by atoms with Crippen LogP contribution in [0.1, 0.15) is 30.9 Å². The summed E-state index contributed by atoms with van der Waals surface area (Å²) in [6.07, 6.45) is 5.60. The van der Waals surface area contributed by atoms with Gasteiger partial charge in [0.1, 0.15) is 0 Å². The summed E-state index contributed by atoms with van der Waals surface area (Å²) >= 11 is 0. The Bertz CT molecular complexity index is 437. The van der Waals surface area contributed by atoms with E-state index in [9.17, 15) is 9.59 Å². The molecule has 1 heterocycles. The molecular formula is C11H15N3O3. The average Bonchev–Trinajstić information content (AvgIpc) is 2.95. The maximum atomic E-state index is 11.6. The summed E-state index contributed by atoms with van der Waals surface area (Å²) in [7, 11) is 1.70. The molecule has 1 amide bonds. The fourth-order valence-corrected chi connectivity index (χ4v) is 1.68. The highest BCUT2D eigenvalue weighted by molar-refractivity contribution is 5.84. The van der Waals surface area contributed by atoms with Crippen molar-refractivity contribution in [2.45, 2.75) is 25.3 Å². The minimum atomic E-state index is -1.07. The first kappa shape index (κ1) is 11.6. The van der Waals surface area contributed by atoms with Crippen LogP contribution in [0.3, 0.4) is 0 Å². The molecule has 1 aliphatic carbocycles. The Kier molecular flexibility index (Phi) is 3.12. The molecule has 0 spiro atoms. The molecule has 2 rings (SSSR count). The molecule has 92 valence electrons. The van der Waals surface area contributed by atoms with E-state index in [4.69, 9.17) is 5.11 Å². The van der Waals surface area contributed by atoms with Crippen molar-refractivity contribution in [3.8, 4) is 0 Å². The van der Waals surface area contributed by atoms with Crippen molar-refractivity contribution in [1.29, 1.82) is 0 Å². The van der Waals surface area contributed by atoms with Gasteiger partial charge in [-0.3, -0.25) is 9.48 Å². The number of hydrogen-bond acceptors (Lipinski definition) is 3.